The molecule has 2 N–H and O–H groups in total. The highest BCUT2D eigenvalue weighted by molar-refractivity contribution is 7.16. The van der Waals surface area contributed by atoms with Crippen LogP contribution in [0.15, 0.2) is 24.3 Å². The fraction of sp³-hybridized carbons (Fsp3) is 0.333. The molecule has 1 aromatic carbocycles. The Kier molecular flexibility index (Phi) is 3.62. The van der Waals surface area contributed by atoms with Crippen LogP contribution >= 0.6 is 11.3 Å². The zero-order valence-electron chi connectivity index (χ0n) is 11.3. The molecule has 2 rings (SSSR count). The Bertz CT molecular complexity index is 558. The van der Waals surface area contributed by atoms with Gasteiger partial charge < -0.3 is 10.5 Å². The highest BCUT2D eigenvalue weighted by Crippen LogP contribution is 2.37. The second-order valence-corrected chi connectivity index (χ2v) is 6.03. The molecule has 1 aromatic heterocycles. The average molecular weight is 261 g/mol. The van der Waals surface area contributed by atoms with Crippen molar-refractivity contribution in [2.45, 2.75) is 26.7 Å². The summed E-state index contributed by atoms with van der Waals surface area (Å²) in [5, 5.41) is 0.882. The quantitative estimate of drug-likeness (QED) is 0.886. The molecule has 0 bridgehead atoms. The van der Waals surface area contributed by atoms with Crippen molar-refractivity contribution in [3.63, 3.8) is 0 Å². The number of hydrogen-bond acceptors (Lipinski definition) is 3. The molecule has 0 atom stereocenters. The van der Waals surface area contributed by atoms with E-state index in [1.807, 2.05) is 6.07 Å². The summed E-state index contributed by atoms with van der Waals surface area (Å²) < 4.78 is 5.40. The van der Waals surface area contributed by atoms with E-state index in [0.717, 1.165) is 16.3 Å². The van der Waals surface area contributed by atoms with Crippen LogP contribution in [0.3, 0.4) is 0 Å². The first-order valence-electron chi connectivity index (χ1n) is 6.07. The van der Waals surface area contributed by atoms with Gasteiger partial charge in [0.25, 0.3) is 0 Å². The maximum atomic E-state index is 6.06. The fourth-order valence-electron chi connectivity index (χ4n) is 2.11. The standard InChI is InChI=1S/C15H19NOS/c1-9(2)12-8-11(5-6-14(12)17-4)13-7-10(3)18-15(13)16/h5-9H,16H2,1-4H3. The Morgan fingerprint density at radius 3 is 2.44 bits per heavy atom. The van der Waals surface area contributed by atoms with Gasteiger partial charge in [-0.1, -0.05) is 19.9 Å². The first-order valence-corrected chi connectivity index (χ1v) is 6.88. The van der Waals surface area contributed by atoms with Crippen molar-refractivity contribution in [2.24, 2.45) is 0 Å². The number of aryl methyl sites for hydroxylation is 1. The number of hydrogen-bond donors (Lipinski definition) is 1. The highest BCUT2D eigenvalue weighted by Gasteiger charge is 2.12. The van der Waals surface area contributed by atoms with Crippen LogP contribution in [-0.2, 0) is 0 Å². The van der Waals surface area contributed by atoms with Crippen LogP contribution < -0.4 is 10.5 Å². The Morgan fingerprint density at radius 1 is 1.22 bits per heavy atom. The molecule has 0 aliphatic carbocycles. The van der Waals surface area contributed by atoms with Gasteiger partial charge in [0, 0.05) is 10.4 Å². The van der Waals surface area contributed by atoms with Gasteiger partial charge in [-0.15, -0.1) is 11.3 Å². The van der Waals surface area contributed by atoms with Crippen LogP contribution in [0.4, 0.5) is 5.00 Å². The number of nitrogens with two attached hydrogens (primary N) is 1. The van der Waals surface area contributed by atoms with E-state index in [2.05, 4.69) is 39.0 Å². The number of anilines is 1. The molecule has 0 spiro atoms. The van der Waals surface area contributed by atoms with Crippen LogP contribution in [0.25, 0.3) is 11.1 Å². The number of benzene rings is 1. The van der Waals surface area contributed by atoms with E-state index in [9.17, 15) is 0 Å². The third kappa shape index (κ3) is 2.36. The van der Waals surface area contributed by atoms with Crippen molar-refractivity contribution in [1.29, 1.82) is 0 Å². The third-order valence-electron chi connectivity index (χ3n) is 3.05. The first kappa shape index (κ1) is 13.0. The van der Waals surface area contributed by atoms with Gasteiger partial charge in [-0.25, -0.2) is 0 Å². The largest absolute Gasteiger partial charge is 0.496 e. The van der Waals surface area contributed by atoms with E-state index in [-0.39, 0.29) is 0 Å². The van der Waals surface area contributed by atoms with Gasteiger partial charge in [0.1, 0.15) is 5.75 Å². The number of thiophene rings is 1. The zero-order chi connectivity index (χ0) is 13.3. The summed E-state index contributed by atoms with van der Waals surface area (Å²) in [4.78, 5) is 1.24. The van der Waals surface area contributed by atoms with Gasteiger partial charge in [0.05, 0.1) is 12.1 Å². The van der Waals surface area contributed by atoms with Crippen LogP contribution in [0.2, 0.25) is 0 Å². The van der Waals surface area contributed by atoms with Crippen molar-refractivity contribution in [1.82, 2.24) is 0 Å². The Balaban J connectivity index is 2.53. The van der Waals surface area contributed by atoms with Crippen molar-refractivity contribution >= 4 is 16.3 Å². The lowest BCUT2D eigenvalue weighted by Crippen LogP contribution is -1.95. The molecule has 0 radical (unpaired) electrons. The number of rotatable bonds is 3. The molecule has 0 saturated heterocycles. The Labute approximate surface area is 112 Å². The molecule has 96 valence electrons. The molecule has 3 heteroatoms. The summed E-state index contributed by atoms with van der Waals surface area (Å²) in [5.41, 5.74) is 9.57. The number of methoxy groups -OCH3 is 1. The van der Waals surface area contributed by atoms with Gasteiger partial charge in [0.15, 0.2) is 0 Å². The van der Waals surface area contributed by atoms with Crippen molar-refractivity contribution < 1.29 is 4.74 Å². The lowest BCUT2D eigenvalue weighted by Gasteiger charge is -2.13. The monoisotopic (exact) mass is 261 g/mol. The van der Waals surface area contributed by atoms with Crippen molar-refractivity contribution in [3.05, 3.63) is 34.7 Å². The first-order chi connectivity index (χ1) is 8.52. The van der Waals surface area contributed by atoms with Gasteiger partial charge >= 0.3 is 0 Å². The molecule has 0 aliphatic heterocycles. The molecule has 1 heterocycles. The average Bonchev–Trinajstić information content (AvgIpc) is 2.67. The van der Waals surface area contributed by atoms with Crippen LogP contribution in [-0.4, -0.2) is 7.11 Å². The third-order valence-corrected chi connectivity index (χ3v) is 3.93. The minimum Gasteiger partial charge on any atom is -0.496 e. The van der Waals surface area contributed by atoms with Gasteiger partial charge in [-0.3, -0.25) is 0 Å². The molecule has 0 aliphatic rings. The van der Waals surface area contributed by atoms with E-state index in [1.54, 1.807) is 18.4 Å². The van der Waals surface area contributed by atoms with Gasteiger partial charge in [-0.2, -0.15) is 0 Å². The molecule has 18 heavy (non-hydrogen) atoms. The molecule has 0 amide bonds. The summed E-state index contributed by atoms with van der Waals surface area (Å²) in [6, 6.07) is 8.42. The van der Waals surface area contributed by atoms with Crippen LogP contribution in [0.1, 0.15) is 30.2 Å². The Morgan fingerprint density at radius 2 is 1.94 bits per heavy atom. The van der Waals surface area contributed by atoms with Crippen molar-refractivity contribution in [2.75, 3.05) is 12.8 Å². The molecule has 2 aromatic rings. The maximum absolute atomic E-state index is 6.06. The predicted octanol–water partition coefficient (Wildman–Crippen LogP) is 4.44. The van der Waals surface area contributed by atoms with Crippen molar-refractivity contribution in [3.8, 4) is 16.9 Å². The summed E-state index contributed by atoms with van der Waals surface area (Å²) in [6.07, 6.45) is 0. The van der Waals surface area contributed by atoms with Crippen LogP contribution in [0.5, 0.6) is 5.75 Å². The zero-order valence-corrected chi connectivity index (χ0v) is 12.1. The minimum atomic E-state index is 0.431. The molecular weight excluding hydrogens is 242 g/mol. The van der Waals surface area contributed by atoms with E-state index < -0.39 is 0 Å². The lowest BCUT2D eigenvalue weighted by atomic mass is 9.97. The SMILES string of the molecule is COc1ccc(-c2cc(C)sc2N)cc1C(C)C. The summed E-state index contributed by atoms with van der Waals surface area (Å²) in [6.45, 7) is 6.42. The molecule has 2 nitrogen and oxygen atoms in total. The summed E-state index contributed by atoms with van der Waals surface area (Å²) in [5.74, 6) is 1.38. The smallest absolute Gasteiger partial charge is 0.122 e. The molecule has 0 unspecified atom stereocenters. The molecule has 0 fully saturated rings. The van der Waals surface area contributed by atoms with E-state index >= 15 is 0 Å². The summed E-state index contributed by atoms with van der Waals surface area (Å²) in [7, 11) is 1.71. The molecule has 0 saturated carbocycles. The highest BCUT2D eigenvalue weighted by atomic mass is 32.1. The van der Waals surface area contributed by atoms with E-state index in [0.29, 0.717) is 5.92 Å². The number of ether oxygens (including phenoxy) is 1. The normalized spacial score (nSPS) is 10.9. The Hall–Kier alpha value is -1.48. The summed E-state index contributed by atoms with van der Waals surface area (Å²) >= 11 is 1.63. The van der Waals surface area contributed by atoms with E-state index in [1.165, 1.54) is 16.0 Å². The predicted molar refractivity (Wildman–Crippen MR) is 79.5 cm³/mol. The maximum Gasteiger partial charge on any atom is 0.122 e. The number of nitrogen functional groups attached to an aromatic ring is 1. The lowest BCUT2D eigenvalue weighted by molar-refractivity contribution is 0.407. The van der Waals surface area contributed by atoms with Crippen LogP contribution in [0, 0.1) is 6.92 Å². The second kappa shape index (κ2) is 5.02. The van der Waals surface area contributed by atoms with Gasteiger partial charge in [0.2, 0.25) is 0 Å². The topological polar surface area (TPSA) is 35.2 Å². The van der Waals surface area contributed by atoms with Gasteiger partial charge in [-0.05, 0) is 42.2 Å². The van der Waals surface area contributed by atoms with E-state index in [4.69, 9.17) is 10.5 Å². The molecular formula is C15H19NOS. The second-order valence-electron chi connectivity index (χ2n) is 4.75. The minimum absolute atomic E-state index is 0.431. The fourth-order valence-corrected chi connectivity index (χ4v) is 2.92.